The molecule has 10 atom stereocenters. The molecule has 0 aromatic rings. The van der Waals surface area contributed by atoms with Gasteiger partial charge in [0, 0.05) is 13.2 Å². The highest BCUT2D eigenvalue weighted by atomic mass is 16.3. The minimum absolute atomic E-state index is 0.210. The Labute approximate surface area is 128 Å². The zero-order valence-electron chi connectivity index (χ0n) is 13.2. The van der Waals surface area contributed by atoms with Crippen LogP contribution in [-0.4, -0.2) is 23.4 Å². The summed E-state index contributed by atoms with van der Waals surface area (Å²) in [4.78, 5) is 0. The average molecular weight is 290 g/mol. The van der Waals surface area contributed by atoms with E-state index in [1.54, 1.807) is 0 Å². The van der Waals surface area contributed by atoms with E-state index in [0.29, 0.717) is 19.1 Å². The van der Waals surface area contributed by atoms with Crippen LogP contribution in [0.3, 0.4) is 0 Å². The number of fused-ring (bicyclic) bond motifs is 11. The lowest BCUT2D eigenvalue weighted by Crippen LogP contribution is -2.33. The van der Waals surface area contributed by atoms with Gasteiger partial charge in [-0.05, 0) is 97.2 Å². The highest BCUT2D eigenvalue weighted by molar-refractivity contribution is 5.14. The molecular weight excluding hydrogens is 260 g/mol. The van der Waals surface area contributed by atoms with Crippen molar-refractivity contribution in [3.8, 4) is 0 Å². The van der Waals surface area contributed by atoms with Crippen LogP contribution in [0.4, 0.5) is 0 Å². The van der Waals surface area contributed by atoms with Gasteiger partial charge in [-0.2, -0.15) is 0 Å². The molecule has 9 unspecified atom stereocenters. The summed E-state index contributed by atoms with van der Waals surface area (Å²) in [5, 5.41) is 19.6. The molecule has 0 amide bonds. The lowest BCUT2D eigenvalue weighted by molar-refractivity contribution is 0.0485. The smallest absolute Gasteiger partial charge is 0.0484 e. The largest absolute Gasteiger partial charge is 0.396 e. The second kappa shape index (κ2) is 4.26. The summed E-state index contributed by atoms with van der Waals surface area (Å²) in [6.07, 6.45) is 8.27. The van der Waals surface area contributed by atoms with E-state index in [9.17, 15) is 10.2 Å². The predicted octanol–water partition coefficient (Wildman–Crippen LogP) is 2.93. The molecule has 5 aliphatic carbocycles. The number of hydrogen-bond donors (Lipinski definition) is 2. The molecule has 2 N–H and O–H groups in total. The molecule has 5 rings (SSSR count). The second-order valence-electron chi connectivity index (χ2n) is 9.60. The van der Waals surface area contributed by atoms with Crippen LogP contribution in [0.5, 0.6) is 0 Å². The van der Waals surface area contributed by atoms with E-state index in [-0.39, 0.29) is 5.41 Å². The molecule has 21 heavy (non-hydrogen) atoms. The Balaban J connectivity index is 1.46. The summed E-state index contributed by atoms with van der Waals surface area (Å²) in [7, 11) is 0. The molecular formula is C19H30O2. The topological polar surface area (TPSA) is 40.5 Å². The first kappa shape index (κ1) is 13.4. The first-order valence-corrected chi connectivity index (χ1v) is 9.37. The zero-order chi connectivity index (χ0) is 14.4. The van der Waals surface area contributed by atoms with Crippen molar-refractivity contribution in [3.63, 3.8) is 0 Å². The molecule has 2 nitrogen and oxygen atoms in total. The van der Waals surface area contributed by atoms with Crippen molar-refractivity contribution in [1.29, 1.82) is 0 Å². The standard InChI is InChI=1S/C19H30O2/c1-19(9-21)6-10-4-11(7-19)17-14(10)5-15-12-2-3-13(18(15)17)16(12)8-20/h10-18,20-21H,2-9H2,1H3/t10?,11?,12?,13?,14?,15?,16?,17?,18?,19-/m0/s1. The van der Waals surface area contributed by atoms with E-state index in [2.05, 4.69) is 6.92 Å². The van der Waals surface area contributed by atoms with Gasteiger partial charge >= 0.3 is 0 Å². The van der Waals surface area contributed by atoms with E-state index in [0.717, 1.165) is 47.3 Å². The summed E-state index contributed by atoms with van der Waals surface area (Å²) in [6.45, 7) is 3.16. The van der Waals surface area contributed by atoms with Gasteiger partial charge < -0.3 is 10.2 Å². The van der Waals surface area contributed by atoms with Crippen LogP contribution < -0.4 is 0 Å². The zero-order valence-corrected chi connectivity index (χ0v) is 13.2. The maximum atomic E-state index is 9.82. The van der Waals surface area contributed by atoms with Gasteiger partial charge in [0.2, 0.25) is 0 Å². The summed E-state index contributed by atoms with van der Waals surface area (Å²) in [6, 6.07) is 0. The van der Waals surface area contributed by atoms with Crippen molar-refractivity contribution in [2.75, 3.05) is 13.2 Å². The molecule has 4 bridgehead atoms. The highest BCUT2D eigenvalue weighted by Crippen LogP contribution is 2.72. The van der Waals surface area contributed by atoms with Gasteiger partial charge in [0.25, 0.3) is 0 Å². The number of aliphatic hydroxyl groups is 2. The van der Waals surface area contributed by atoms with E-state index in [1.807, 2.05) is 0 Å². The second-order valence-corrected chi connectivity index (χ2v) is 9.60. The van der Waals surface area contributed by atoms with Crippen molar-refractivity contribution >= 4 is 0 Å². The van der Waals surface area contributed by atoms with Crippen molar-refractivity contribution in [2.45, 2.75) is 45.4 Å². The lowest BCUT2D eigenvalue weighted by atomic mass is 9.66. The van der Waals surface area contributed by atoms with Crippen LogP contribution in [0.15, 0.2) is 0 Å². The minimum atomic E-state index is 0.210. The molecule has 0 aliphatic heterocycles. The fourth-order valence-corrected chi connectivity index (χ4v) is 8.50. The van der Waals surface area contributed by atoms with Gasteiger partial charge in [0.15, 0.2) is 0 Å². The van der Waals surface area contributed by atoms with Gasteiger partial charge in [0.1, 0.15) is 0 Å². The molecule has 118 valence electrons. The van der Waals surface area contributed by atoms with E-state index in [4.69, 9.17) is 0 Å². The van der Waals surface area contributed by atoms with Crippen molar-refractivity contribution in [3.05, 3.63) is 0 Å². The van der Waals surface area contributed by atoms with Gasteiger partial charge in [-0.15, -0.1) is 0 Å². The third-order valence-corrected chi connectivity index (χ3v) is 8.81. The number of aliphatic hydroxyl groups excluding tert-OH is 2. The summed E-state index contributed by atoms with van der Waals surface area (Å²) >= 11 is 0. The van der Waals surface area contributed by atoms with Crippen molar-refractivity contribution < 1.29 is 10.2 Å². The quantitative estimate of drug-likeness (QED) is 0.821. The number of rotatable bonds is 2. The Bertz CT molecular complexity index is 449. The molecule has 2 heteroatoms. The van der Waals surface area contributed by atoms with Crippen LogP contribution in [0.2, 0.25) is 0 Å². The molecule has 0 radical (unpaired) electrons. The van der Waals surface area contributed by atoms with Crippen molar-refractivity contribution in [2.24, 2.45) is 58.7 Å². The third-order valence-electron chi connectivity index (χ3n) is 8.81. The average Bonchev–Trinajstić information content (AvgIpc) is 3.18. The van der Waals surface area contributed by atoms with Gasteiger partial charge in [-0.3, -0.25) is 0 Å². The monoisotopic (exact) mass is 290 g/mol. The predicted molar refractivity (Wildman–Crippen MR) is 81.4 cm³/mol. The molecule has 0 heterocycles. The molecule has 5 saturated carbocycles. The maximum absolute atomic E-state index is 9.82. The first-order valence-electron chi connectivity index (χ1n) is 9.37. The lowest BCUT2D eigenvalue weighted by Gasteiger charge is -2.39. The molecule has 0 saturated heterocycles. The summed E-state index contributed by atoms with van der Waals surface area (Å²) < 4.78 is 0. The molecule has 0 aromatic carbocycles. The molecule has 5 fully saturated rings. The molecule has 0 aromatic heterocycles. The Kier molecular flexibility index (Phi) is 2.71. The van der Waals surface area contributed by atoms with E-state index >= 15 is 0 Å². The fourth-order valence-electron chi connectivity index (χ4n) is 8.50. The maximum Gasteiger partial charge on any atom is 0.0484 e. The molecule has 5 aliphatic rings. The van der Waals surface area contributed by atoms with Crippen LogP contribution in [0.25, 0.3) is 0 Å². The Morgan fingerprint density at radius 2 is 1.62 bits per heavy atom. The van der Waals surface area contributed by atoms with Gasteiger partial charge in [-0.1, -0.05) is 6.92 Å². The Hall–Kier alpha value is -0.0800. The van der Waals surface area contributed by atoms with E-state index < -0.39 is 0 Å². The third kappa shape index (κ3) is 1.57. The summed E-state index contributed by atoms with van der Waals surface area (Å²) in [5.74, 6) is 7.98. The number of hydrogen-bond acceptors (Lipinski definition) is 2. The first-order chi connectivity index (χ1) is 10.1. The van der Waals surface area contributed by atoms with Crippen molar-refractivity contribution in [1.82, 2.24) is 0 Å². The Morgan fingerprint density at radius 3 is 2.38 bits per heavy atom. The minimum Gasteiger partial charge on any atom is -0.396 e. The normalized spacial score (nSPS) is 63.9. The fraction of sp³-hybridized carbons (Fsp3) is 1.00. The van der Waals surface area contributed by atoms with Gasteiger partial charge in [-0.25, -0.2) is 0 Å². The SMILES string of the molecule is C[C@]1(CO)CC2CC(C1)C1C2CC2C3CCC(C3CO)C21. The van der Waals surface area contributed by atoms with E-state index in [1.165, 1.54) is 38.5 Å². The van der Waals surface area contributed by atoms with Crippen LogP contribution in [0, 0.1) is 58.7 Å². The van der Waals surface area contributed by atoms with Crippen LogP contribution in [0.1, 0.15) is 45.4 Å². The highest BCUT2D eigenvalue weighted by Gasteiger charge is 2.66. The Morgan fingerprint density at radius 1 is 0.857 bits per heavy atom. The van der Waals surface area contributed by atoms with Gasteiger partial charge in [0.05, 0.1) is 0 Å². The summed E-state index contributed by atoms with van der Waals surface area (Å²) in [5.41, 5.74) is 0.210. The van der Waals surface area contributed by atoms with Crippen LogP contribution >= 0.6 is 0 Å². The van der Waals surface area contributed by atoms with Crippen LogP contribution in [-0.2, 0) is 0 Å². The molecule has 0 spiro atoms.